The first-order valence-electron chi connectivity index (χ1n) is 6.97. The lowest BCUT2D eigenvalue weighted by Crippen LogP contribution is -2.31. The average Bonchev–Trinajstić information content (AvgIpc) is 2.53. The van der Waals surface area contributed by atoms with Gasteiger partial charge in [-0.15, -0.1) is 0 Å². The molecule has 0 aliphatic carbocycles. The summed E-state index contributed by atoms with van der Waals surface area (Å²) in [5, 5.41) is 0. The third kappa shape index (κ3) is 2.66. The Morgan fingerprint density at radius 2 is 2.10 bits per heavy atom. The molecule has 2 unspecified atom stereocenters. The lowest BCUT2D eigenvalue weighted by Gasteiger charge is -2.28. The van der Waals surface area contributed by atoms with Crippen LogP contribution in [0, 0.1) is 0 Å². The molecule has 3 N–H and O–H groups in total. The van der Waals surface area contributed by atoms with Crippen molar-refractivity contribution in [1.29, 1.82) is 0 Å². The van der Waals surface area contributed by atoms with Crippen molar-refractivity contribution < 1.29 is 4.74 Å². The summed E-state index contributed by atoms with van der Waals surface area (Å²) in [5.41, 5.74) is 5.15. The molecule has 20 heavy (non-hydrogen) atoms. The van der Waals surface area contributed by atoms with E-state index in [9.17, 15) is 0 Å². The van der Waals surface area contributed by atoms with Gasteiger partial charge in [0.25, 0.3) is 0 Å². The second kappa shape index (κ2) is 6.03. The fraction of sp³-hybridized carbons (Fsp3) is 0.312. The van der Waals surface area contributed by atoms with Crippen LogP contribution in [0.4, 0.5) is 0 Å². The Balaban J connectivity index is 1.81. The number of rotatable bonds is 4. The van der Waals surface area contributed by atoms with E-state index in [1.165, 1.54) is 5.56 Å². The van der Waals surface area contributed by atoms with Gasteiger partial charge in [0.05, 0.1) is 18.3 Å². The molecule has 3 rings (SSSR count). The minimum Gasteiger partial charge on any atom is -0.493 e. The molecule has 1 aliphatic rings. The summed E-state index contributed by atoms with van der Waals surface area (Å²) < 4.78 is 5.71. The zero-order chi connectivity index (χ0) is 13.8. The van der Waals surface area contributed by atoms with Gasteiger partial charge in [-0.25, -0.2) is 0 Å². The predicted molar refractivity (Wildman–Crippen MR) is 78.2 cm³/mol. The normalized spacial score (nSPS) is 18.9. The molecule has 2 heterocycles. The molecule has 0 saturated heterocycles. The van der Waals surface area contributed by atoms with Crippen molar-refractivity contribution in [1.82, 2.24) is 10.4 Å². The van der Waals surface area contributed by atoms with Crippen molar-refractivity contribution in [2.45, 2.75) is 24.8 Å². The van der Waals surface area contributed by atoms with Crippen LogP contribution in [-0.4, -0.2) is 11.6 Å². The molecule has 104 valence electrons. The number of hydrazine groups is 1. The highest BCUT2D eigenvalue weighted by Gasteiger charge is 2.25. The van der Waals surface area contributed by atoms with Crippen molar-refractivity contribution in [3.05, 3.63) is 59.9 Å². The molecule has 1 aliphatic heterocycles. The summed E-state index contributed by atoms with van der Waals surface area (Å²) in [5.74, 6) is 7.17. The van der Waals surface area contributed by atoms with Crippen molar-refractivity contribution in [2.75, 3.05) is 6.61 Å². The van der Waals surface area contributed by atoms with Crippen LogP contribution in [-0.2, 0) is 0 Å². The Hall–Kier alpha value is -1.91. The Morgan fingerprint density at radius 3 is 2.90 bits per heavy atom. The number of fused-ring (bicyclic) bond motifs is 1. The van der Waals surface area contributed by atoms with Crippen LogP contribution in [0.25, 0.3) is 0 Å². The van der Waals surface area contributed by atoms with E-state index in [4.69, 9.17) is 10.6 Å². The summed E-state index contributed by atoms with van der Waals surface area (Å²) in [4.78, 5) is 4.40. The van der Waals surface area contributed by atoms with Crippen molar-refractivity contribution >= 4 is 0 Å². The van der Waals surface area contributed by atoms with Gasteiger partial charge in [0.15, 0.2) is 0 Å². The van der Waals surface area contributed by atoms with Gasteiger partial charge in [0, 0.05) is 6.20 Å². The molecular formula is C16H19N3O. The highest BCUT2D eigenvalue weighted by molar-refractivity contribution is 5.38. The predicted octanol–water partition coefficient (Wildman–Crippen LogP) is 2.54. The third-order valence-corrected chi connectivity index (χ3v) is 3.85. The largest absolute Gasteiger partial charge is 0.493 e. The van der Waals surface area contributed by atoms with Crippen LogP contribution in [0.3, 0.4) is 0 Å². The first-order chi connectivity index (χ1) is 9.88. The first kappa shape index (κ1) is 13.1. The average molecular weight is 269 g/mol. The van der Waals surface area contributed by atoms with E-state index in [-0.39, 0.29) is 6.04 Å². The number of para-hydroxylation sites is 1. The Labute approximate surface area is 119 Å². The Bertz CT molecular complexity index is 559. The highest BCUT2D eigenvalue weighted by Crippen LogP contribution is 2.38. The lowest BCUT2D eigenvalue weighted by molar-refractivity contribution is 0.255. The fourth-order valence-corrected chi connectivity index (χ4v) is 2.80. The smallest absolute Gasteiger partial charge is 0.122 e. The number of nitrogens with one attached hydrogen (secondary N) is 1. The molecule has 0 saturated carbocycles. The molecule has 2 atom stereocenters. The molecule has 1 aromatic carbocycles. The molecule has 0 spiro atoms. The van der Waals surface area contributed by atoms with Crippen LogP contribution < -0.4 is 16.0 Å². The first-order valence-corrected chi connectivity index (χ1v) is 6.97. The third-order valence-electron chi connectivity index (χ3n) is 3.85. The standard InChI is InChI=1S/C16H19N3O/c17-19-15(14-6-3-4-9-18-14)11-12-8-10-20-16-7-2-1-5-13(12)16/h1-7,9,12,15,19H,8,10-11,17H2. The van der Waals surface area contributed by atoms with Crippen molar-refractivity contribution in [2.24, 2.45) is 5.84 Å². The lowest BCUT2D eigenvalue weighted by atomic mass is 9.87. The van der Waals surface area contributed by atoms with Gasteiger partial charge in [0.2, 0.25) is 0 Å². The van der Waals surface area contributed by atoms with Gasteiger partial charge in [-0.1, -0.05) is 24.3 Å². The Kier molecular flexibility index (Phi) is 3.95. The van der Waals surface area contributed by atoms with E-state index in [1.807, 2.05) is 30.3 Å². The summed E-state index contributed by atoms with van der Waals surface area (Å²) in [6.45, 7) is 0.765. The maximum Gasteiger partial charge on any atom is 0.122 e. The van der Waals surface area contributed by atoms with Crippen LogP contribution >= 0.6 is 0 Å². The van der Waals surface area contributed by atoms with Crippen LogP contribution in [0.1, 0.15) is 36.1 Å². The number of pyridine rings is 1. The summed E-state index contributed by atoms with van der Waals surface area (Å²) in [6.07, 6.45) is 3.74. The number of aromatic nitrogens is 1. The van der Waals surface area contributed by atoms with Gasteiger partial charge < -0.3 is 4.74 Å². The minimum atomic E-state index is 0.0624. The fourth-order valence-electron chi connectivity index (χ4n) is 2.80. The number of nitrogens with two attached hydrogens (primary N) is 1. The summed E-state index contributed by atoms with van der Waals surface area (Å²) in [6, 6.07) is 14.2. The topological polar surface area (TPSA) is 60.2 Å². The zero-order valence-electron chi connectivity index (χ0n) is 11.3. The number of benzene rings is 1. The summed E-state index contributed by atoms with van der Waals surface area (Å²) >= 11 is 0. The molecule has 0 fully saturated rings. The molecule has 2 aromatic rings. The van der Waals surface area contributed by atoms with Crippen LogP contribution in [0.5, 0.6) is 5.75 Å². The number of nitrogens with zero attached hydrogens (tertiary/aromatic N) is 1. The van der Waals surface area contributed by atoms with Crippen molar-refractivity contribution in [3.8, 4) is 5.75 Å². The number of hydrogen-bond donors (Lipinski definition) is 2. The quantitative estimate of drug-likeness (QED) is 0.661. The van der Waals surface area contributed by atoms with Crippen molar-refractivity contribution in [3.63, 3.8) is 0 Å². The van der Waals surface area contributed by atoms with Gasteiger partial charge in [0.1, 0.15) is 5.75 Å². The molecule has 0 bridgehead atoms. The van der Waals surface area contributed by atoms with E-state index < -0.39 is 0 Å². The molecule has 0 amide bonds. The zero-order valence-corrected chi connectivity index (χ0v) is 11.3. The number of ether oxygens (including phenoxy) is 1. The monoisotopic (exact) mass is 269 g/mol. The highest BCUT2D eigenvalue weighted by atomic mass is 16.5. The maximum atomic E-state index is 5.72. The molecule has 0 radical (unpaired) electrons. The van der Waals surface area contributed by atoms with Gasteiger partial charge >= 0.3 is 0 Å². The second-order valence-corrected chi connectivity index (χ2v) is 5.08. The second-order valence-electron chi connectivity index (χ2n) is 5.08. The number of hydrogen-bond acceptors (Lipinski definition) is 4. The van der Waals surface area contributed by atoms with E-state index in [1.54, 1.807) is 6.20 Å². The van der Waals surface area contributed by atoms with Gasteiger partial charge in [-0.3, -0.25) is 16.3 Å². The van der Waals surface area contributed by atoms with E-state index >= 15 is 0 Å². The van der Waals surface area contributed by atoms with Crippen LogP contribution in [0.15, 0.2) is 48.7 Å². The maximum absolute atomic E-state index is 5.72. The van der Waals surface area contributed by atoms with E-state index in [0.717, 1.165) is 30.9 Å². The molecular weight excluding hydrogens is 250 g/mol. The molecule has 4 nitrogen and oxygen atoms in total. The van der Waals surface area contributed by atoms with E-state index in [0.29, 0.717) is 5.92 Å². The molecule has 4 heteroatoms. The summed E-state index contributed by atoms with van der Waals surface area (Å²) in [7, 11) is 0. The van der Waals surface area contributed by atoms with Crippen LogP contribution in [0.2, 0.25) is 0 Å². The van der Waals surface area contributed by atoms with E-state index in [2.05, 4.69) is 22.5 Å². The SMILES string of the molecule is NNC(CC1CCOc2ccccc21)c1ccccn1. The Morgan fingerprint density at radius 1 is 1.25 bits per heavy atom. The van der Waals surface area contributed by atoms with Gasteiger partial charge in [-0.2, -0.15) is 0 Å². The minimum absolute atomic E-state index is 0.0624. The van der Waals surface area contributed by atoms with Gasteiger partial charge in [-0.05, 0) is 42.5 Å². The molecule has 1 aromatic heterocycles.